The van der Waals surface area contributed by atoms with Crippen molar-refractivity contribution in [1.29, 1.82) is 0 Å². The summed E-state index contributed by atoms with van der Waals surface area (Å²) in [5.41, 5.74) is 0.751. The summed E-state index contributed by atoms with van der Waals surface area (Å²) in [6, 6.07) is 4.42. The van der Waals surface area contributed by atoms with Gasteiger partial charge in [-0.15, -0.1) is 0 Å². The number of amides is 2. The van der Waals surface area contributed by atoms with Crippen molar-refractivity contribution in [3.05, 3.63) is 30.1 Å². The lowest BCUT2D eigenvalue weighted by atomic mass is 10.0. The number of pyridine rings is 1. The number of hydrogen-bond acceptors (Lipinski definition) is 4. The molecule has 0 radical (unpaired) electrons. The van der Waals surface area contributed by atoms with Crippen LogP contribution in [0.4, 0.5) is 4.79 Å². The molecule has 6 nitrogen and oxygen atoms in total. The molecule has 0 aromatic carbocycles. The van der Waals surface area contributed by atoms with E-state index >= 15 is 0 Å². The Morgan fingerprint density at radius 3 is 2.65 bits per heavy atom. The van der Waals surface area contributed by atoms with Gasteiger partial charge in [0.1, 0.15) is 6.04 Å². The fourth-order valence-electron chi connectivity index (χ4n) is 1.71. The normalized spacial score (nSPS) is 11.8. The average Bonchev–Trinajstić information content (AvgIpc) is 2.44. The molecule has 0 aliphatic heterocycles. The van der Waals surface area contributed by atoms with Crippen LogP contribution in [0.1, 0.15) is 26.0 Å². The predicted octanol–water partition coefficient (Wildman–Crippen LogP) is 1.47. The second kappa shape index (κ2) is 8.14. The van der Waals surface area contributed by atoms with Gasteiger partial charge in [-0.2, -0.15) is 0 Å². The van der Waals surface area contributed by atoms with Gasteiger partial charge in [-0.1, -0.05) is 19.9 Å². The van der Waals surface area contributed by atoms with E-state index in [4.69, 9.17) is 0 Å². The highest BCUT2D eigenvalue weighted by Crippen LogP contribution is 2.06. The van der Waals surface area contributed by atoms with Crippen molar-refractivity contribution < 1.29 is 14.3 Å². The Morgan fingerprint density at radius 1 is 1.35 bits per heavy atom. The van der Waals surface area contributed by atoms with E-state index in [2.05, 4.69) is 20.4 Å². The summed E-state index contributed by atoms with van der Waals surface area (Å²) < 4.78 is 4.68. The zero-order chi connectivity index (χ0) is 15.0. The second-order valence-corrected chi connectivity index (χ2v) is 4.85. The molecule has 0 aliphatic rings. The van der Waals surface area contributed by atoms with Crippen LogP contribution in [0.25, 0.3) is 0 Å². The minimum Gasteiger partial charge on any atom is -0.467 e. The van der Waals surface area contributed by atoms with Crippen LogP contribution in [-0.4, -0.2) is 30.1 Å². The van der Waals surface area contributed by atoms with Crippen molar-refractivity contribution in [1.82, 2.24) is 15.6 Å². The van der Waals surface area contributed by atoms with Crippen molar-refractivity contribution in [3.63, 3.8) is 0 Å². The molecule has 1 heterocycles. The van der Waals surface area contributed by atoms with Crippen LogP contribution < -0.4 is 10.6 Å². The lowest BCUT2D eigenvalue weighted by Gasteiger charge is -2.18. The smallest absolute Gasteiger partial charge is 0.328 e. The maximum Gasteiger partial charge on any atom is 0.328 e. The summed E-state index contributed by atoms with van der Waals surface area (Å²) in [5.74, 6) is -0.165. The molecule has 0 fully saturated rings. The summed E-state index contributed by atoms with van der Waals surface area (Å²) in [6.45, 7) is 4.26. The highest BCUT2D eigenvalue weighted by Gasteiger charge is 2.22. The maximum atomic E-state index is 11.8. The lowest BCUT2D eigenvalue weighted by Crippen LogP contribution is -2.46. The number of ether oxygens (including phenoxy) is 1. The zero-order valence-electron chi connectivity index (χ0n) is 12.1. The van der Waals surface area contributed by atoms with Gasteiger partial charge in [0.2, 0.25) is 0 Å². The topological polar surface area (TPSA) is 80.3 Å². The molecule has 2 N–H and O–H groups in total. The van der Waals surface area contributed by atoms with Crippen LogP contribution in [0, 0.1) is 5.92 Å². The predicted molar refractivity (Wildman–Crippen MR) is 74.9 cm³/mol. The lowest BCUT2D eigenvalue weighted by molar-refractivity contribution is -0.143. The molecule has 2 amide bonds. The first-order chi connectivity index (χ1) is 9.52. The number of rotatable bonds is 6. The number of aromatic nitrogens is 1. The van der Waals surface area contributed by atoms with E-state index < -0.39 is 18.0 Å². The number of nitrogens with zero attached hydrogens (tertiary/aromatic N) is 1. The van der Waals surface area contributed by atoms with E-state index in [9.17, 15) is 9.59 Å². The van der Waals surface area contributed by atoms with E-state index in [0.29, 0.717) is 13.0 Å². The van der Waals surface area contributed by atoms with Crippen molar-refractivity contribution >= 4 is 12.0 Å². The molecule has 110 valence electrons. The summed E-state index contributed by atoms with van der Waals surface area (Å²) in [7, 11) is 1.31. The Kier molecular flexibility index (Phi) is 6.49. The molecule has 0 saturated heterocycles. The van der Waals surface area contributed by atoms with Gasteiger partial charge in [-0.3, -0.25) is 4.98 Å². The third-order valence-electron chi connectivity index (χ3n) is 2.65. The van der Waals surface area contributed by atoms with Gasteiger partial charge in [-0.05, 0) is 24.5 Å². The second-order valence-electron chi connectivity index (χ2n) is 4.85. The maximum absolute atomic E-state index is 11.8. The third kappa shape index (κ3) is 5.69. The number of esters is 1. The number of urea groups is 1. The van der Waals surface area contributed by atoms with E-state index in [1.807, 2.05) is 26.0 Å². The third-order valence-corrected chi connectivity index (χ3v) is 2.65. The number of carbonyl (C=O) groups is 2. The van der Waals surface area contributed by atoms with Gasteiger partial charge in [0.05, 0.1) is 19.3 Å². The van der Waals surface area contributed by atoms with Crippen molar-refractivity contribution in [2.24, 2.45) is 5.92 Å². The fraction of sp³-hybridized carbons (Fsp3) is 0.500. The van der Waals surface area contributed by atoms with Gasteiger partial charge >= 0.3 is 12.0 Å². The van der Waals surface area contributed by atoms with Gasteiger partial charge in [0.15, 0.2) is 0 Å². The van der Waals surface area contributed by atoms with Gasteiger partial charge in [0.25, 0.3) is 0 Å². The Morgan fingerprint density at radius 2 is 2.10 bits per heavy atom. The van der Waals surface area contributed by atoms with Crippen molar-refractivity contribution in [2.75, 3.05) is 7.11 Å². The molecule has 20 heavy (non-hydrogen) atoms. The molecule has 1 atom stereocenters. The average molecular weight is 279 g/mol. The van der Waals surface area contributed by atoms with Crippen LogP contribution in [0.5, 0.6) is 0 Å². The SMILES string of the molecule is COC(=O)[C@H](CC(C)C)NC(=O)NCc1ccccn1. The summed E-state index contributed by atoms with van der Waals surface area (Å²) in [6.07, 6.45) is 2.19. The molecule has 1 aromatic heterocycles. The Balaban J connectivity index is 2.47. The van der Waals surface area contributed by atoms with E-state index in [1.54, 1.807) is 12.3 Å². The van der Waals surface area contributed by atoms with E-state index in [0.717, 1.165) is 5.69 Å². The van der Waals surface area contributed by atoms with Crippen molar-refractivity contribution in [3.8, 4) is 0 Å². The highest BCUT2D eigenvalue weighted by atomic mass is 16.5. The minimum atomic E-state index is -0.635. The van der Waals surface area contributed by atoms with Gasteiger partial charge in [0, 0.05) is 6.20 Å². The molecule has 1 rings (SSSR count). The number of methoxy groups -OCH3 is 1. The molecule has 0 spiro atoms. The molecule has 0 bridgehead atoms. The molecular weight excluding hydrogens is 258 g/mol. The fourth-order valence-corrected chi connectivity index (χ4v) is 1.71. The van der Waals surface area contributed by atoms with Crippen LogP contribution >= 0.6 is 0 Å². The first-order valence-corrected chi connectivity index (χ1v) is 6.55. The molecule has 0 aliphatic carbocycles. The Bertz CT molecular complexity index is 435. The molecular formula is C14H21N3O3. The largest absolute Gasteiger partial charge is 0.467 e. The van der Waals surface area contributed by atoms with Gasteiger partial charge < -0.3 is 15.4 Å². The van der Waals surface area contributed by atoms with Gasteiger partial charge in [-0.25, -0.2) is 9.59 Å². The number of hydrogen-bond donors (Lipinski definition) is 2. The van der Waals surface area contributed by atoms with Crippen molar-refractivity contribution in [2.45, 2.75) is 32.9 Å². The van der Waals surface area contributed by atoms with Crippen LogP contribution in [0.15, 0.2) is 24.4 Å². The first kappa shape index (κ1) is 15.9. The monoisotopic (exact) mass is 279 g/mol. The molecule has 0 unspecified atom stereocenters. The number of nitrogens with one attached hydrogen (secondary N) is 2. The standard InChI is InChI=1S/C14H21N3O3/c1-10(2)8-12(13(18)20-3)17-14(19)16-9-11-6-4-5-7-15-11/h4-7,10,12H,8-9H2,1-3H3,(H2,16,17,19)/t12-/m0/s1. The summed E-state index contributed by atoms with van der Waals surface area (Å²) >= 11 is 0. The van der Waals surface area contributed by atoms with Crippen LogP contribution in [0.2, 0.25) is 0 Å². The zero-order valence-corrected chi connectivity index (χ0v) is 12.1. The minimum absolute atomic E-state index is 0.273. The number of carbonyl (C=O) groups excluding carboxylic acids is 2. The molecule has 6 heteroatoms. The molecule has 1 aromatic rings. The van der Waals surface area contributed by atoms with E-state index in [1.165, 1.54) is 7.11 Å². The Labute approximate surface area is 118 Å². The highest BCUT2D eigenvalue weighted by molar-refractivity contribution is 5.83. The van der Waals surface area contributed by atoms with Crippen LogP contribution in [-0.2, 0) is 16.1 Å². The molecule has 0 saturated carbocycles. The quantitative estimate of drug-likeness (QED) is 0.773. The Hall–Kier alpha value is -2.11. The van der Waals surface area contributed by atoms with Crippen LogP contribution in [0.3, 0.4) is 0 Å². The van der Waals surface area contributed by atoms with E-state index in [-0.39, 0.29) is 5.92 Å². The first-order valence-electron chi connectivity index (χ1n) is 6.55. The summed E-state index contributed by atoms with van der Waals surface area (Å²) in [4.78, 5) is 27.4. The summed E-state index contributed by atoms with van der Waals surface area (Å²) in [5, 5.41) is 5.28.